The van der Waals surface area contributed by atoms with E-state index in [0.29, 0.717) is 0 Å². The van der Waals surface area contributed by atoms with Crippen LogP contribution in [0.1, 0.15) is 26.3 Å². The SMILES string of the molecule is CC(C)(C)C#Cc1ccccc1-n1cccc1. The van der Waals surface area contributed by atoms with Gasteiger partial charge in [0.25, 0.3) is 0 Å². The number of hydrogen-bond acceptors (Lipinski definition) is 0. The molecule has 2 aromatic rings. The first-order valence-electron chi connectivity index (χ1n) is 5.82. The minimum Gasteiger partial charge on any atom is -0.323 e. The second kappa shape index (κ2) is 4.51. The van der Waals surface area contributed by atoms with E-state index >= 15 is 0 Å². The van der Waals surface area contributed by atoms with Gasteiger partial charge >= 0.3 is 0 Å². The molecule has 1 nitrogen and oxygen atoms in total. The molecule has 1 heteroatoms. The van der Waals surface area contributed by atoms with Gasteiger partial charge in [0.15, 0.2) is 0 Å². The summed E-state index contributed by atoms with van der Waals surface area (Å²) in [5, 5.41) is 0. The molecule has 0 amide bonds. The zero-order chi connectivity index (χ0) is 12.3. The van der Waals surface area contributed by atoms with Crippen LogP contribution in [0.15, 0.2) is 48.8 Å². The van der Waals surface area contributed by atoms with E-state index in [9.17, 15) is 0 Å². The number of nitrogens with zero attached hydrogens (tertiary/aromatic N) is 1. The second-order valence-corrected chi connectivity index (χ2v) is 5.11. The lowest BCUT2D eigenvalue weighted by Crippen LogP contribution is -2.00. The molecule has 1 aromatic carbocycles. The van der Waals surface area contributed by atoms with Crippen LogP contribution in [0.4, 0.5) is 0 Å². The molecule has 1 aromatic heterocycles. The van der Waals surface area contributed by atoms with Crippen molar-refractivity contribution in [2.24, 2.45) is 5.41 Å². The predicted octanol–water partition coefficient (Wildman–Crippen LogP) is 3.87. The maximum Gasteiger partial charge on any atom is 0.0606 e. The molecule has 0 aliphatic heterocycles. The van der Waals surface area contributed by atoms with Crippen LogP contribution in [0.5, 0.6) is 0 Å². The van der Waals surface area contributed by atoms with Crippen LogP contribution in [0.25, 0.3) is 5.69 Å². The minimum atomic E-state index is 0.0315. The van der Waals surface area contributed by atoms with Crippen LogP contribution in [0.2, 0.25) is 0 Å². The van der Waals surface area contributed by atoms with Gasteiger partial charge in [0.05, 0.1) is 5.69 Å². The zero-order valence-electron chi connectivity index (χ0n) is 10.6. The van der Waals surface area contributed by atoms with Crippen LogP contribution in [0.3, 0.4) is 0 Å². The molecular formula is C16H17N. The van der Waals surface area contributed by atoms with Crippen LogP contribution in [-0.2, 0) is 0 Å². The molecule has 17 heavy (non-hydrogen) atoms. The summed E-state index contributed by atoms with van der Waals surface area (Å²) in [6.07, 6.45) is 4.08. The monoisotopic (exact) mass is 223 g/mol. The third-order valence-electron chi connectivity index (χ3n) is 2.36. The Morgan fingerprint density at radius 1 is 0.941 bits per heavy atom. The van der Waals surface area contributed by atoms with Crippen molar-refractivity contribution < 1.29 is 0 Å². The summed E-state index contributed by atoms with van der Waals surface area (Å²) >= 11 is 0. The molecule has 0 spiro atoms. The van der Waals surface area contributed by atoms with E-state index in [2.05, 4.69) is 49.3 Å². The van der Waals surface area contributed by atoms with Gasteiger partial charge in [-0.1, -0.05) is 24.0 Å². The van der Waals surface area contributed by atoms with E-state index < -0.39 is 0 Å². The first-order valence-corrected chi connectivity index (χ1v) is 5.82. The Morgan fingerprint density at radius 3 is 2.24 bits per heavy atom. The molecule has 0 aliphatic rings. The molecule has 0 atom stereocenters. The van der Waals surface area contributed by atoms with E-state index in [1.165, 1.54) is 0 Å². The average molecular weight is 223 g/mol. The van der Waals surface area contributed by atoms with Gasteiger partial charge in [0, 0.05) is 23.4 Å². The third kappa shape index (κ3) is 3.01. The maximum atomic E-state index is 3.28. The summed E-state index contributed by atoms with van der Waals surface area (Å²) in [6, 6.07) is 12.3. The molecule has 0 saturated heterocycles. The summed E-state index contributed by atoms with van der Waals surface area (Å²) in [7, 11) is 0. The molecule has 0 aliphatic carbocycles. The van der Waals surface area contributed by atoms with Gasteiger partial charge < -0.3 is 4.57 Å². The molecule has 0 bridgehead atoms. The first kappa shape index (κ1) is 11.5. The normalized spacial score (nSPS) is 10.8. The van der Waals surface area contributed by atoms with Gasteiger partial charge in [0.2, 0.25) is 0 Å². The number of hydrogen-bond donors (Lipinski definition) is 0. The smallest absolute Gasteiger partial charge is 0.0606 e. The van der Waals surface area contributed by atoms with E-state index in [4.69, 9.17) is 0 Å². The van der Waals surface area contributed by atoms with E-state index in [1.54, 1.807) is 0 Å². The Balaban J connectivity index is 2.45. The number of para-hydroxylation sites is 1. The molecule has 0 radical (unpaired) electrons. The molecule has 86 valence electrons. The fraction of sp³-hybridized carbons (Fsp3) is 0.250. The lowest BCUT2D eigenvalue weighted by Gasteiger charge is -2.09. The molecule has 0 saturated carbocycles. The number of aromatic nitrogens is 1. The topological polar surface area (TPSA) is 4.93 Å². The number of benzene rings is 1. The first-order chi connectivity index (χ1) is 8.06. The van der Waals surface area contributed by atoms with Gasteiger partial charge in [-0.2, -0.15) is 0 Å². The Hall–Kier alpha value is -1.94. The lowest BCUT2D eigenvalue weighted by atomic mass is 9.97. The van der Waals surface area contributed by atoms with Gasteiger partial charge in [-0.25, -0.2) is 0 Å². The van der Waals surface area contributed by atoms with Crippen LogP contribution in [-0.4, -0.2) is 4.57 Å². The predicted molar refractivity (Wildman–Crippen MR) is 72.1 cm³/mol. The van der Waals surface area contributed by atoms with Gasteiger partial charge in [0.1, 0.15) is 0 Å². The highest BCUT2D eigenvalue weighted by molar-refractivity contribution is 5.51. The van der Waals surface area contributed by atoms with E-state index in [1.807, 2.05) is 36.7 Å². The quantitative estimate of drug-likeness (QED) is 0.647. The van der Waals surface area contributed by atoms with Crippen LogP contribution >= 0.6 is 0 Å². The lowest BCUT2D eigenvalue weighted by molar-refractivity contribution is 0.571. The van der Waals surface area contributed by atoms with Crippen molar-refractivity contribution in [2.75, 3.05) is 0 Å². The van der Waals surface area contributed by atoms with E-state index in [-0.39, 0.29) is 5.41 Å². The number of rotatable bonds is 1. The Kier molecular flexibility index (Phi) is 3.06. The minimum absolute atomic E-state index is 0.0315. The highest BCUT2D eigenvalue weighted by Gasteiger charge is 2.05. The van der Waals surface area contributed by atoms with Crippen molar-refractivity contribution >= 4 is 0 Å². The van der Waals surface area contributed by atoms with Gasteiger partial charge in [-0.3, -0.25) is 0 Å². The highest BCUT2D eigenvalue weighted by Crippen LogP contribution is 2.15. The zero-order valence-corrected chi connectivity index (χ0v) is 10.6. The fourth-order valence-electron chi connectivity index (χ4n) is 1.55. The summed E-state index contributed by atoms with van der Waals surface area (Å²) in [5.74, 6) is 6.55. The molecule has 2 rings (SSSR count). The van der Waals surface area contributed by atoms with Crippen molar-refractivity contribution in [1.82, 2.24) is 4.57 Å². The molecule has 0 N–H and O–H groups in total. The van der Waals surface area contributed by atoms with Crippen molar-refractivity contribution in [3.63, 3.8) is 0 Å². The van der Waals surface area contributed by atoms with Crippen molar-refractivity contribution in [3.05, 3.63) is 54.4 Å². The third-order valence-corrected chi connectivity index (χ3v) is 2.36. The Morgan fingerprint density at radius 2 is 1.59 bits per heavy atom. The molecule has 0 fully saturated rings. The maximum absolute atomic E-state index is 3.28. The summed E-state index contributed by atoms with van der Waals surface area (Å²) < 4.78 is 2.09. The second-order valence-electron chi connectivity index (χ2n) is 5.11. The van der Waals surface area contributed by atoms with Crippen molar-refractivity contribution in [3.8, 4) is 17.5 Å². The van der Waals surface area contributed by atoms with Crippen molar-refractivity contribution in [1.29, 1.82) is 0 Å². The van der Waals surface area contributed by atoms with Crippen molar-refractivity contribution in [2.45, 2.75) is 20.8 Å². The summed E-state index contributed by atoms with van der Waals surface area (Å²) in [6.45, 7) is 6.37. The molecular weight excluding hydrogens is 206 g/mol. The Labute approximate surface area is 103 Å². The highest BCUT2D eigenvalue weighted by atomic mass is 14.9. The fourth-order valence-corrected chi connectivity index (χ4v) is 1.55. The summed E-state index contributed by atoms with van der Waals surface area (Å²) in [4.78, 5) is 0. The van der Waals surface area contributed by atoms with Gasteiger partial charge in [-0.15, -0.1) is 0 Å². The average Bonchev–Trinajstić information content (AvgIpc) is 2.79. The van der Waals surface area contributed by atoms with Crippen LogP contribution in [0, 0.1) is 17.3 Å². The van der Waals surface area contributed by atoms with Gasteiger partial charge in [-0.05, 0) is 45.0 Å². The largest absolute Gasteiger partial charge is 0.323 e. The van der Waals surface area contributed by atoms with Crippen LogP contribution < -0.4 is 0 Å². The van der Waals surface area contributed by atoms with E-state index in [0.717, 1.165) is 11.3 Å². The molecule has 1 heterocycles. The summed E-state index contributed by atoms with van der Waals surface area (Å²) in [5.41, 5.74) is 2.23. The molecule has 0 unspecified atom stereocenters. The standard InChI is InChI=1S/C16H17N/c1-16(2,3)11-10-14-8-4-5-9-15(14)17-12-6-7-13-17/h4-9,12-13H,1-3H3. The Bertz CT molecular complexity index is 545.